The number of hydrogen-bond donors (Lipinski definition) is 7. The molecule has 1 aromatic carbocycles. The summed E-state index contributed by atoms with van der Waals surface area (Å²) in [6.07, 6.45) is -6.58. The van der Waals surface area contributed by atoms with Crippen molar-refractivity contribution in [3.05, 3.63) is 36.0 Å². The second-order valence-corrected chi connectivity index (χ2v) is 7.53. The Bertz CT molecular complexity index is 1000. The molecule has 3 rings (SSSR count). The molecule has 0 bridgehead atoms. The number of carboxylic acid groups (broad SMARTS) is 2. The highest BCUT2D eigenvalue weighted by atomic mass is 16.6. The number of hydrogen-bond acceptors (Lipinski definition) is 8. The number of aliphatic hydroxyl groups is 4. The van der Waals surface area contributed by atoms with Crippen molar-refractivity contribution in [2.45, 2.75) is 49.5 Å². The highest BCUT2D eigenvalue weighted by Crippen LogP contribution is 2.33. The topological polar surface area (TPSA) is 199 Å². The molecule has 0 radical (unpaired) electrons. The predicted molar refractivity (Wildman–Crippen MR) is 106 cm³/mol. The molecule has 32 heavy (non-hydrogen) atoms. The Balaban J connectivity index is 1.90. The highest BCUT2D eigenvalue weighted by molar-refractivity contribution is 5.92. The fraction of sp³-hybridized carbons (Fsp3) is 0.450. The van der Waals surface area contributed by atoms with Gasteiger partial charge in [0.15, 0.2) is 6.23 Å². The van der Waals surface area contributed by atoms with Gasteiger partial charge in [0.05, 0.1) is 25.0 Å². The SMILES string of the molecule is O=C(O)C[C@H](NC(=O)Cc1cn([C@@H]2O[C@H](CO)[C@@H](O)[C@H](O)[C@H]2O)c2ccccc12)C(=O)O. The summed E-state index contributed by atoms with van der Waals surface area (Å²) in [4.78, 5) is 34.5. The zero-order valence-electron chi connectivity index (χ0n) is 16.7. The van der Waals surface area contributed by atoms with Gasteiger partial charge in [0.25, 0.3) is 0 Å². The molecule has 0 spiro atoms. The summed E-state index contributed by atoms with van der Waals surface area (Å²) in [6, 6.07) is 5.15. The van der Waals surface area contributed by atoms with E-state index in [0.717, 1.165) is 0 Å². The van der Waals surface area contributed by atoms with E-state index in [-0.39, 0.29) is 6.42 Å². The molecular weight excluding hydrogens is 428 g/mol. The first-order valence-electron chi connectivity index (χ1n) is 9.77. The number of benzene rings is 1. The summed E-state index contributed by atoms with van der Waals surface area (Å²) in [7, 11) is 0. The van der Waals surface area contributed by atoms with Gasteiger partial charge < -0.3 is 45.3 Å². The first kappa shape index (κ1) is 23.6. The van der Waals surface area contributed by atoms with E-state index in [1.807, 2.05) is 0 Å². The number of aromatic nitrogens is 1. The number of nitrogens with one attached hydrogen (secondary N) is 1. The maximum absolute atomic E-state index is 12.4. The van der Waals surface area contributed by atoms with Crippen LogP contribution in [-0.2, 0) is 25.5 Å². The molecule has 12 heteroatoms. The van der Waals surface area contributed by atoms with Gasteiger partial charge in [-0.3, -0.25) is 9.59 Å². The molecule has 12 nitrogen and oxygen atoms in total. The average molecular weight is 452 g/mol. The summed E-state index contributed by atoms with van der Waals surface area (Å²) in [5.41, 5.74) is 0.939. The fourth-order valence-corrected chi connectivity index (χ4v) is 3.73. The van der Waals surface area contributed by atoms with Gasteiger partial charge in [0.1, 0.15) is 30.5 Å². The van der Waals surface area contributed by atoms with E-state index in [2.05, 4.69) is 5.32 Å². The minimum absolute atomic E-state index is 0.297. The molecule has 0 aliphatic carbocycles. The lowest BCUT2D eigenvalue weighted by molar-refractivity contribution is -0.250. The Morgan fingerprint density at radius 1 is 1.06 bits per heavy atom. The first-order chi connectivity index (χ1) is 15.1. The minimum Gasteiger partial charge on any atom is -0.481 e. The van der Waals surface area contributed by atoms with Crippen LogP contribution in [0.5, 0.6) is 0 Å². The Hall–Kier alpha value is -3.03. The monoisotopic (exact) mass is 452 g/mol. The van der Waals surface area contributed by atoms with Crippen LogP contribution in [-0.4, -0.2) is 90.1 Å². The molecule has 2 aromatic rings. The summed E-state index contributed by atoms with van der Waals surface area (Å²) >= 11 is 0. The molecule has 6 atom stereocenters. The molecule has 7 N–H and O–H groups in total. The zero-order chi connectivity index (χ0) is 23.6. The van der Waals surface area contributed by atoms with Crippen molar-refractivity contribution in [2.24, 2.45) is 0 Å². The smallest absolute Gasteiger partial charge is 0.326 e. The van der Waals surface area contributed by atoms with Crippen LogP contribution >= 0.6 is 0 Å². The summed E-state index contributed by atoms with van der Waals surface area (Å²) in [5, 5.41) is 60.7. The molecule has 1 aliphatic rings. The Morgan fingerprint density at radius 2 is 1.75 bits per heavy atom. The molecule has 2 heterocycles. The Morgan fingerprint density at radius 3 is 2.38 bits per heavy atom. The number of aliphatic carboxylic acids is 2. The van der Waals surface area contributed by atoms with Crippen LogP contribution in [0.15, 0.2) is 30.5 Å². The molecule has 1 saturated heterocycles. The number of carboxylic acids is 2. The van der Waals surface area contributed by atoms with E-state index in [9.17, 15) is 34.8 Å². The van der Waals surface area contributed by atoms with Crippen LogP contribution in [0.4, 0.5) is 0 Å². The van der Waals surface area contributed by atoms with Crippen molar-refractivity contribution in [3.63, 3.8) is 0 Å². The van der Waals surface area contributed by atoms with Crippen LogP contribution in [0, 0.1) is 0 Å². The van der Waals surface area contributed by atoms with Gasteiger partial charge in [-0.1, -0.05) is 18.2 Å². The quantitative estimate of drug-likeness (QED) is 0.240. The number of carbonyl (C=O) groups excluding carboxylic acids is 1. The third-order valence-electron chi connectivity index (χ3n) is 5.33. The summed E-state index contributed by atoms with van der Waals surface area (Å²) < 4.78 is 7.04. The number of aliphatic hydroxyl groups excluding tert-OH is 4. The van der Waals surface area contributed by atoms with Gasteiger partial charge in [0, 0.05) is 11.6 Å². The van der Waals surface area contributed by atoms with Crippen molar-refractivity contribution in [1.29, 1.82) is 0 Å². The van der Waals surface area contributed by atoms with Crippen molar-refractivity contribution >= 4 is 28.7 Å². The number of carbonyl (C=O) groups is 3. The van der Waals surface area contributed by atoms with Crippen LogP contribution in [0.1, 0.15) is 18.2 Å². The van der Waals surface area contributed by atoms with Gasteiger partial charge in [0.2, 0.25) is 5.91 Å². The van der Waals surface area contributed by atoms with Gasteiger partial charge in [-0.25, -0.2) is 4.79 Å². The number of para-hydroxylation sites is 1. The molecule has 1 aromatic heterocycles. The lowest BCUT2D eigenvalue weighted by Gasteiger charge is -2.40. The van der Waals surface area contributed by atoms with Crippen LogP contribution in [0.3, 0.4) is 0 Å². The summed E-state index contributed by atoms with van der Waals surface area (Å²) in [5.74, 6) is -3.59. The van der Waals surface area contributed by atoms with Gasteiger partial charge >= 0.3 is 11.9 Å². The van der Waals surface area contributed by atoms with E-state index in [1.165, 1.54) is 10.8 Å². The molecule has 1 amide bonds. The fourth-order valence-electron chi connectivity index (χ4n) is 3.73. The third-order valence-corrected chi connectivity index (χ3v) is 5.33. The second kappa shape index (κ2) is 9.63. The maximum Gasteiger partial charge on any atom is 0.326 e. The Kier molecular flexibility index (Phi) is 7.11. The van der Waals surface area contributed by atoms with E-state index in [1.54, 1.807) is 24.3 Å². The first-order valence-corrected chi connectivity index (χ1v) is 9.77. The maximum atomic E-state index is 12.4. The predicted octanol–water partition coefficient (Wildman–Crippen LogP) is -1.80. The van der Waals surface area contributed by atoms with Crippen molar-refractivity contribution in [2.75, 3.05) is 6.61 Å². The number of fused-ring (bicyclic) bond motifs is 1. The van der Waals surface area contributed by atoms with E-state index >= 15 is 0 Å². The average Bonchev–Trinajstić information content (AvgIpc) is 3.09. The van der Waals surface area contributed by atoms with Crippen molar-refractivity contribution in [3.8, 4) is 0 Å². The van der Waals surface area contributed by atoms with Crippen LogP contribution in [0.25, 0.3) is 10.9 Å². The normalized spacial score (nSPS) is 26.6. The molecule has 0 saturated carbocycles. The number of amides is 1. The molecule has 0 unspecified atom stereocenters. The van der Waals surface area contributed by atoms with E-state index < -0.39 is 67.6 Å². The van der Waals surface area contributed by atoms with E-state index in [0.29, 0.717) is 16.5 Å². The lowest BCUT2D eigenvalue weighted by Crippen LogP contribution is -2.56. The van der Waals surface area contributed by atoms with Gasteiger partial charge in [-0.2, -0.15) is 0 Å². The zero-order valence-corrected chi connectivity index (χ0v) is 16.7. The molecular formula is C20H24N2O10. The number of ether oxygens (including phenoxy) is 1. The Labute approximate surface area is 181 Å². The van der Waals surface area contributed by atoms with Crippen molar-refractivity contribution < 1.29 is 49.8 Å². The standard InChI is InChI=1S/C20H24N2O10/c23-8-13-16(27)17(28)18(29)19(32-13)22-7-9(10-3-1-2-4-12(10)22)5-14(24)21-11(20(30)31)6-15(25)26/h1-4,7,11,13,16-19,23,27-29H,5-6,8H2,(H,21,24)(H,25,26)(H,30,31)/t11-,13+,16+,17-,18+,19+/m0/s1. The largest absolute Gasteiger partial charge is 0.481 e. The minimum atomic E-state index is -1.60. The summed E-state index contributed by atoms with van der Waals surface area (Å²) in [6.45, 7) is -0.601. The second-order valence-electron chi connectivity index (χ2n) is 7.53. The van der Waals surface area contributed by atoms with Crippen LogP contribution < -0.4 is 5.32 Å². The molecule has 174 valence electrons. The molecule has 1 aliphatic heterocycles. The number of rotatable bonds is 8. The van der Waals surface area contributed by atoms with Gasteiger partial charge in [-0.15, -0.1) is 0 Å². The van der Waals surface area contributed by atoms with E-state index in [4.69, 9.17) is 14.9 Å². The van der Waals surface area contributed by atoms with Crippen molar-refractivity contribution in [1.82, 2.24) is 9.88 Å². The van der Waals surface area contributed by atoms with Gasteiger partial charge in [-0.05, 0) is 11.6 Å². The van der Waals surface area contributed by atoms with Crippen LogP contribution in [0.2, 0.25) is 0 Å². The highest BCUT2D eigenvalue weighted by Gasteiger charge is 2.44. The molecule has 1 fully saturated rings. The lowest BCUT2D eigenvalue weighted by atomic mass is 9.98. The number of nitrogens with zero attached hydrogens (tertiary/aromatic N) is 1. The third kappa shape index (κ3) is 4.74.